The molecule has 3 aliphatic rings. The maximum atomic E-state index is 11.6. The number of carbonyl (C=O) groups excluding carboxylic acids is 1. The van der Waals surface area contributed by atoms with Crippen molar-refractivity contribution in [2.24, 2.45) is 5.92 Å². The first-order valence-electron chi connectivity index (χ1n) is 7.65. The van der Waals surface area contributed by atoms with Crippen LogP contribution in [0.25, 0.3) is 0 Å². The minimum atomic E-state index is 0.508. The lowest BCUT2D eigenvalue weighted by atomic mass is 9.99. The average molecular weight is 250 g/mol. The van der Waals surface area contributed by atoms with E-state index >= 15 is 0 Å². The fourth-order valence-electron chi connectivity index (χ4n) is 4.14. The first kappa shape index (κ1) is 12.6. The number of likely N-dealkylation sites (tertiary alicyclic amines) is 1. The summed E-state index contributed by atoms with van der Waals surface area (Å²) in [5.74, 6) is 1.35. The predicted molar refractivity (Wildman–Crippen MR) is 72.6 cm³/mol. The zero-order valence-electron chi connectivity index (χ0n) is 11.8. The number of rotatable bonds is 3. The third kappa shape index (κ3) is 2.35. The van der Waals surface area contributed by atoms with Crippen LogP contribution < -0.4 is 0 Å². The van der Waals surface area contributed by atoms with E-state index in [0.717, 1.165) is 18.8 Å². The summed E-state index contributed by atoms with van der Waals surface area (Å²) in [5.41, 5.74) is 0. The van der Waals surface area contributed by atoms with Crippen LogP contribution in [-0.4, -0.2) is 53.3 Å². The van der Waals surface area contributed by atoms with Crippen molar-refractivity contribution in [2.45, 2.75) is 64.1 Å². The van der Waals surface area contributed by atoms with Crippen LogP contribution in [0.4, 0.5) is 0 Å². The molecule has 2 bridgehead atoms. The van der Waals surface area contributed by atoms with Crippen molar-refractivity contribution in [1.82, 2.24) is 9.80 Å². The fourth-order valence-corrected chi connectivity index (χ4v) is 4.14. The summed E-state index contributed by atoms with van der Waals surface area (Å²) in [7, 11) is 0. The van der Waals surface area contributed by atoms with Crippen molar-refractivity contribution >= 4 is 5.78 Å². The van der Waals surface area contributed by atoms with E-state index in [4.69, 9.17) is 0 Å². The zero-order valence-corrected chi connectivity index (χ0v) is 11.8. The Balaban J connectivity index is 1.56. The Bertz CT molecular complexity index is 312. The van der Waals surface area contributed by atoms with Crippen molar-refractivity contribution in [3.8, 4) is 0 Å². The number of Topliss-reactive ketones (excluding diaryl/α,β-unsaturated/α-hetero) is 1. The van der Waals surface area contributed by atoms with Crippen LogP contribution in [0.15, 0.2) is 0 Å². The Kier molecular flexibility index (Phi) is 3.46. The van der Waals surface area contributed by atoms with Gasteiger partial charge in [-0.25, -0.2) is 0 Å². The predicted octanol–water partition coefficient (Wildman–Crippen LogP) is 1.91. The van der Waals surface area contributed by atoms with E-state index in [1.165, 1.54) is 38.9 Å². The maximum absolute atomic E-state index is 11.6. The number of hydrogen-bond donors (Lipinski definition) is 0. The van der Waals surface area contributed by atoms with Gasteiger partial charge < -0.3 is 4.90 Å². The summed E-state index contributed by atoms with van der Waals surface area (Å²) in [6.07, 6.45) is 5.53. The second-order valence-corrected chi connectivity index (χ2v) is 6.77. The van der Waals surface area contributed by atoms with Gasteiger partial charge in [-0.1, -0.05) is 0 Å². The molecular formula is C15H26N2O. The quantitative estimate of drug-likeness (QED) is 0.764. The molecule has 0 amide bonds. The molecule has 3 unspecified atom stereocenters. The van der Waals surface area contributed by atoms with Gasteiger partial charge in [0.25, 0.3) is 0 Å². The smallest absolute Gasteiger partial charge is 0.136 e. The number of hydrogen-bond acceptors (Lipinski definition) is 3. The largest absolute Gasteiger partial charge is 0.301 e. The van der Waals surface area contributed by atoms with E-state index in [-0.39, 0.29) is 0 Å². The van der Waals surface area contributed by atoms with Crippen LogP contribution in [0.3, 0.4) is 0 Å². The van der Waals surface area contributed by atoms with Gasteiger partial charge in [-0.15, -0.1) is 0 Å². The van der Waals surface area contributed by atoms with Gasteiger partial charge >= 0.3 is 0 Å². The molecule has 0 aliphatic carbocycles. The number of carbonyl (C=O) groups is 1. The Morgan fingerprint density at radius 2 is 1.83 bits per heavy atom. The molecular weight excluding hydrogens is 224 g/mol. The average Bonchev–Trinajstić information content (AvgIpc) is 2.85. The molecule has 0 N–H and O–H groups in total. The highest BCUT2D eigenvalue weighted by Gasteiger charge is 2.41. The molecule has 0 aromatic rings. The first-order valence-corrected chi connectivity index (χ1v) is 7.65. The summed E-state index contributed by atoms with van der Waals surface area (Å²) >= 11 is 0. The highest BCUT2D eigenvalue weighted by molar-refractivity contribution is 5.80. The van der Waals surface area contributed by atoms with E-state index in [1.54, 1.807) is 0 Å². The molecule has 3 heteroatoms. The lowest BCUT2D eigenvalue weighted by Gasteiger charge is -2.35. The van der Waals surface area contributed by atoms with Gasteiger partial charge in [0.05, 0.1) is 0 Å². The fraction of sp³-hybridized carbons (Fsp3) is 0.933. The Hall–Kier alpha value is -0.410. The van der Waals surface area contributed by atoms with E-state index in [0.29, 0.717) is 23.9 Å². The van der Waals surface area contributed by atoms with Gasteiger partial charge in [-0.3, -0.25) is 9.69 Å². The van der Waals surface area contributed by atoms with Gasteiger partial charge in [0.2, 0.25) is 0 Å². The summed E-state index contributed by atoms with van der Waals surface area (Å²) in [4.78, 5) is 16.9. The molecule has 3 saturated heterocycles. The minimum absolute atomic E-state index is 0.508. The number of nitrogens with zero attached hydrogens (tertiary/aromatic N) is 2. The SMILES string of the molecule is CC(C)N1CCC(CN2C3CCC2CC(=O)C3)C1. The number of fused-ring (bicyclic) bond motifs is 2. The van der Waals surface area contributed by atoms with Gasteiger partial charge in [-0.2, -0.15) is 0 Å². The molecule has 3 nitrogen and oxygen atoms in total. The second-order valence-electron chi connectivity index (χ2n) is 6.77. The maximum Gasteiger partial charge on any atom is 0.136 e. The van der Waals surface area contributed by atoms with Crippen LogP contribution in [0.5, 0.6) is 0 Å². The van der Waals surface area contributed by atoms with Crippen molar-refractivity contribution in [2.75, 3.05) is 19.6 Å². The van der Waals surface area contributed by atoms with Crippen molar-refractivity contribution in [3.05, 3.63) is 0 Å². The lowest BCUT2D eigenvalue weighted by Crippen LogP contribution is -2.45. The van der Waals surface area contributed by atoms with Gasteiger partial charge in [0.15, 0.2) is 0 Å². The molecule has 3 fully saturated rings. The molecule has 0 aromatic carbocycles. The number of ketones is 1. The molecule has 102 valence electrons. The van der Waals surface area contributed by atoms with Gasteiger partial charge in [0.1, 0.15) is 5.78 Å². The van der Waals surface area contributed by atoms with E-state index in [2.05, 4.69) is 23.6 Å². The Morgan fingerprint density at radius 1 is 1.17 bits per heavy atom. The monoisotopic (exact) mass is 250 g/mol. The van der Waals surface area contributed by atoms with E-state index in [9.17, 15) is 4.79 Å². The molecule has 0 spiro atoms. The minimum Gasteiger partial charge on any atom is -0.301 e. The Morgan fingerprint density at radius 3 is 2.39 bits per heavy atom. The van der Waals surface area contributed by atoms with Gasteiger partial charge in [0, 0.05) is 44.1 Å². The van der Waals surface area contributed by atoms with E-state index in [1.807, 2.05) is 0 Å². The molecule has 0 aromatic heterocycles. The van der Waals surface area contributed by atoms with Crippen LogP contribution in [0, 0.1) is 5.92 Å². The normalized spacial score (nSPS) is 37.9. The summed E-state index contributed by atoms with van der Waals surface area (Å²) in [6.45, 7) is 8.37. The van der Waals surface area contributed by atoms with Crippen LogP contribution >= 0.6 is 0 Å². The molecule has 3 aliphatic heterocycles. The molecule has 3 heterocycles. The van der Waals surface area contributed by atoms with Crippen LogP contribution in [0.2, 0.25) is 0 Å². The molecule has 0 radical (unpaired) electrons. The zero-order chi connectivity index (χ0) is 12.7. The third-order valence-electron chi connectivity index (χ3n) is 5.21. The molecule has 3 rings (SSSR count). The van der Waals surface area contributed by atoms with Crippen molar-refractivity contribution in [1.29, 1.82) is 0 Å². The molecule has 0 saturated carbocycles. The third-order valence-corrected chi connectivity index (χ3v) is 5.21. The lowest BCUT2D eigenvalue weighted by molar-refractivity contribution is -0.123. The van der Waals surface area contributed by atoms with Crippen molar-refractivity contribution < 1.29 is 4.79 Å². The highest BCUT2D eigenvalue weighted by Crippen LogP contribution is 2.35. The highest BCUT2D eigenvalue weighted by atomic mass is 16.1. The van der Waals surface area contributed by atoms with Crippen LogP contribution in [-0.2, 0) is 4.79 Å². The standard InChI is InChI=1S/C15H26N2O/c1-11(2)16-6-5-12(9-16)10-17-13-3-4-14(17)8-15(18)7-13/h11-14H,3-10H2,1-2H3. The number of piperidine rings is 1. The summed E-state index contributed by atoms with van der Waals surface area (Å²) < 4.78 is 0. The van der Waals surface area contributed by atoms with Gasteiger partial charge in [-0.05, 0) is 45.6 Å². The second kappa shape index (κ2) is 4.93. The summed E-state index contributed by atoms with van der Waals surface area (Å²) in [6, 6.07) is 1.86. The topological polar surface area (TPSA) is 23.6 Å². The molecule has 18 heavy (non-hydrogen) atoms. The van der Waals surface area contributed by atoms with Crippen LogP contribution in [0.1, 0.15) is 46.0 Å². The van der Waals surface area contributed by atoms with Crippen molar-refractivity contribution in [3.63, 3.8) is 0 Å². The van der Waals surface area contributed by atoms with E-state index < -0.39 is 0 Å². The summed E-state index contributed by atoms with van der Waals surface area (Å²) in [5, 5.41) is 0. The Labute approximate surface area is 111 Å². The molecule has 3 atom stereocenters. The first-order chi connectivity index (χ1) is 8.63.